The summed E-state index contributed by atoms with van der Waals surface area (Å²) in [4.78, 5) is 4.54. The molecule has 24 heavy (non-hydrogen) atoms. The lowest BCUT2D eigenvalue weighted by molar-refractivity contribution is 0.132. The third kappa shape index (κ3) is 3.73. The van der Waals surface area contributed by atoms with Crippen LogP contribution in [0.15, 0.2) is 24.3 Å². The molecule has 1 aromatic rings. The normalized spacial score (nSPS) is 22.0. The smallest absolute Gasteiger partial charge is 0.213 e. The van der Waals surface area contributed by atoms with Gasteiger partial charge in [-0.25, -0.2) is 17.1 Å². The first-order chi connectivity index (χ1) is 11.5. The highest BCUT2D eigenvalue weighted by Gasteiger charge is 2.31. The molecule has 0 radical (unpaired) electrons. The molecule has 2 aliphatic heterocycles. The lowest BCUT2D eigenvalue weighted by atomic mass is 10.0. The maximum atomic E-state index is 13.9. The predicted octanol–water partition coefficient (Wildman–Crippen LogP) is 1.76. The van der Waals surface area contributed by atoms with E-state index in [0.29, 0.717) is 24.8 Å². The van der Waals surface area contributed by atoms with Gasteiger partial charge in [0.2, 0.25) is 10.0 Å². The minimum atomic E-state index is -3.06. The number of hydrogen-bond acceptors (Lipinski definition) is 4. The van der Waals surface area contributed by atoms with E-state index in [9.17, 15) is 12.8 Å². The highest BCUT2D eigenvalue weighted by molar-refractivity contribution is 7.89. The average molecular weight is 355 g/mol. The summed E-state index contributed by atoms with van der Waals surface area (Å²) >= 11 is 0. The zero-order valence-corrected chi connectivity index (χ0v) is 15.0. The van der Waals surface area contributed by atoms with Gasteiger partial charge in [-0.15, -0.1) is 0 Å². The van der Waals surface area contributed by atoms with Crippen molar-refractivity contribution < 1.29 is 12.8 Å². The third-order valence-corrected chi connectivity index (χ3v) is 7.09. The largest absolute Gasteiger partial charge is 0.367 e. The first-order valence-electron chi connectivity index (χ1n) is 8.72. The van der Waals surface area contributed by atoms with Gasteiger partial charge < -0.3 is 4.90 Å². The Morgan fingerprint density at radius 1 is 1.04 bits per heavy atom. The first-order valence-corrected chi connectivity index (χ1v) is 10.3. The zero-order valence-electron chi connectivity index (χ0n) is 14.2. The Kier molecular flexibility index (Phi) is 5.42. The molecule has 0 aromatic heterocycles. The molecule has 0 spiro atoms. The van der Waals surface area contributed by atoms with Gasteiger partial charge in [-0.05, 0) is 31.9 Å². The molecule has 0 saturated carbocycles. The van der Waals surface area contributed by atoms with Crippen molar-refractivity contribution in [2.24, 2.45) is 0 Å². The van der Waals surface area contributed by atoms with Gasteiger partial charge in [-0.1, -0.05) is 12.1 Å². The molecule has 0 bridgehead atoms. The van der Waals surface area contributed by atoms with Crippen molar-refractivity contribution in [1.82, 2.24) is 9.21 Å². The molecule has 7 heteroatoms. The monoisotopic (exact) mass is 355 g/mol. The summed E-state index contributed by atoms with van der Waals surface area (Å²) in [6.07, 6.45) is 1.78. The molecule has 0 aliphatic carbocycles. The minimum absolute atomic E-state index is 0.163. The molecular formula is C17H26FN3O2S. The van der Waals surface area contributed by atoms with E-state index < -0.39 is 10.0 Å². The molecule has 1 aromatic carbocycles. The standard InChI is InChI=1S/C17H26FN3O2S/c1-2-24(22,23)21-9-7-15(8-10-21)19-11-13-20(14-12-19)17-6-4-3-5-16(17)18/h3-6,15H,2,7-14H2,1H3. The quantitative estimate of drug-likeness (QED) is 0.826. The van der Waals surface area contributed by atoms with Crippen molar-refractivity contribution in [3.05, 3.63) is 30.1 Å². The highest BCUT2D eigenvalue weighted by Crippen LogP contribution is 2.24. The van der Waals surface area contributed by atoms with Crippen molar-refractivity contribution in [3.8, 4) is 0 Å². The number of anilines is 1. The summed E-state index contributed by atoms with van der Waals surface area (Å²) in [5, 5.41) is 0. The van der Waals surface area contributed by atoms with Gasteiger partial charge in [-0.3, -0.25) is 4.90 Å². The van der Waals surface area contributed by atoms with E-state index in [2.05, 4.69) is 9.80 Å². The molecule has 3 rings (SSSR count). The van der Waals surface area contributed by atoms with E-state index in [0.717, 1.165) is 39.0 Å². The number of para-hydroxylation sites is 1. The fraction of sp³-hybridized carbons (Fsp3) is 0.647. The van der Waals surface area contributed by atoms with Gasteiger partial charge in [0.1, 0.15) is 5.82 Å². The van der Waals surface area contributed by atoms with E-state index in [4.69, 9.17) is 0 Å². The molecule has 2 heterocycles. The number of benzene rings is 1. The Morgan fingerprint density at radius 2 is 1.67 bits per heavy atom. The average Bonchev–Trinajstić information content (AvgIpc) is 2.62. The number of piperidine rings is 1. The summed E-state index contributed by atoms with van der Waals surface area (Å²) < 4.78 is 39.4. The van der Waals surface area contributed by atoms with Crippen LogP contribution in [0.3, 0.4) is 0 Å². The Balaban J connectivity index is 1.52. The third-order valence-electron chi connectivity index (χ3n) is 5.21. The van der Waals surface area contributed by atoms with Crippen LogP contribution < -0.4 is 4.90 Å². The van der Waals surface area contributed by atoms with Gasteiger partial charge >= 0.3 is 0 Å². The van der Waals surface area contributed by atoms with Gasteiger partial charge in [0.05, 0.1) is 11.4 Å². The van der Waals surface area contributed by atoms with Crippen molar-refractivity contribution in [1.29, 1.82) is 0 Å². The van der Waals surface area contributed by atoms with Crippen molar-refractivity contribution in [2.45, 2.75) is 25.8 Å². The van der Waals surface area contributed by atoms with Crippen LogP contribution in [-0.2, 0) is 10.0 Å². The summed E-state index contributed by atoms with van der Waals surface area (Å²) in [5.74, 6) is 0.0166. The van der Waals surface area contributed by atoms with Crippen LogP contribution in [0.25, 0.3) is 0 Å². The fourth-order valence-corrected chi connectivity index (χ4v) is 4.84. The summed E-state index contributed by atoms with van der Waals surface area (Å²) in [6.45, 7) is 6.37. The fourth-order valence-electron chi connectivity index (χ4n) is 3.70. The van der Waals surface area contributed by atoms with Gasteiger partial charge in [0.15, 0.2) is 0 Å². The minimum Gasteiger partial charge on any atom is -0.367 e. The number of rotatable bonds is 4. The second kappa shape index (κ2) is 7.37. The van der Waals surface area contributed by atoms with Crippen molar-refractivity contribution in [2.75, 3.05) is 49.9 Å². The summed E-state index contributed by atoms with van der Waals surface area (Å²) in [5.41, 5.74) is 0.681. The maximum absolute atomic E-state index is 13.9. The molecule has 2 fully saturated rings. The summed E-state index contributed by atoms with van der Waals surface area (Å²) in [6, 6.07) is 7.36. The second-order valence-electron chi connectivity index (χ2n) is 6.51. The lowest BCUT2D eigenvalue weighted by Crippen LogP contribution is -2.54. The maximum Gasteiger partial charge on any atom is 0.213 e. The Hall–Kier alpha value is -1.18. The number of nitrogens with zero attached hydrogens (tertiary/aromatic N) is 3. The lowest BCUT2D eigenvalue weighted by Gasteiger charge is -2.43. The van der Waals surface area contributed by atoms with Crippen molar-refractivity contribution in [3.63, 3.8) is 0 Å². The van der Waals surface area contributed by atoms with Crippen LogP contribution in [0.1, 0.15) is 19.8 Å². The first kappa shape index (κ1) is 17.6. The topological polar surface area (TPSA) is 43.9 Å². The van der Waals surface area contributed by atoms with Gasteiger partial charge in [-0.2, -0.15) is 0 Å². The van der Waals surface area contributed by atoms with E-state index in [1.807, 2.05) is 12.1 Å². The van der Waals surface area contributed by atoms with Gasteiger partial charge in [0.25, 0.3) is 0 Å². The molecule has 2 saturated heterocycles. The van der Waals surface area contributed by atoms with E-state index in [-0.39, 0.29) is 11.6 Å². The van der Waals surface area contributed by atoms with Gasteiger partial charge in [0, 0.05) is 45.3 Å². The van der Waals surface area contributed by atoms with E-state index >= 15 is 0 Å². The van der Waals surface area contributed by atoms with Crippen LogP contribution in [-0.4, -0.2) is 68.7 Å². The number of piperazine rings is 1. The Bertz CT molecular complexity index is 652. The molecule has 0 atom stereocenters. The Morgan fingerprint density at radius 3 is 2.25 bits per heavy atom. The second-order valence-corrected chi connectivity index (χ2v) is 8.76. The van der Waals surface area contributed by atoms with Crippen LogP contribution in [0.5, 0.6) is 0 Å². The number of hydrogen-bond donors (Lipinski definition) is 0. The van der Waals surface area contributed by atoms with Crippen molar-refractivity contribution >= 4 is 15.7 Å². The molecule has 0 amide bonds. The Labute approximate surface area is 144 Å². The summed E-state index contributed by atoms with van der Waals surface area (Å²) in [7, 11) is -3.06. The highest BCUT2D eigenvalue weighted by atomic mass is 32.2. The van der Waals surface area contributed by atoms with Crippen LogP contribution in [0.2, 0.25) is 0 Å². The molecular weight excluding hydrogens is 329 g/mol. The van der Waals surface area contributed by atoms with Crippen LogP contribution in [0, 0.1) is 5.82 Å². The molecule has 5 nitrogen and oxygen atoms in total. The predicted molar refractivity (Wildman–Crippen MR) is 94.2 cm³/mol. The molecule has 0 N–H and O–H groups in total. The van der Waals surface area contributed by atoms with Crippen LogP contribution >= 0.6 is 0 Å². The zero-order chi connectivity index (χ0) is 17.2. The SMILES string of the molecule is CCS(=O)(=O)N1CCC(N2CCN(c3ccccc3F)CC2)CC1. The number of sulfonamides is 1. The van der Waals surface area contributed by atoms with E-state index in [1.54, 1.807) is 17.3 Å². The molecule has 134 valence electrons. The molecule has 0 unspecified atom stereocenters. The van der Waals surface area contributed by atoms with Crippen LogP contribution in [0.4, 0.5) is 10.1 Å². The van der Waals surface area contributed by atoms with E-state index in [1.165, 1.54) is 6.07 Å². The number of halogens is 1. The molecule has 2 aliphatic rings.